The molecule has 5 rings (SSSR count). The summed E-state index contributed by atoms with van der Waals surface area (Å²) < 4.78 is 29.0. The van der Waals surface area contributed by atoms with E-state index in [4.69, 9.17) is 11.6 Å². The van der Waals surface area contributed by atoms with Gasteiger partial charge in [0.25, 0.3) is 0 Å². The van der Waals surface area contributed by atoms with E-state index >= 15 is 0 Å². The fraction of sp³-hybridized carbons (Fsp3) is 0.154. The van der Waals surface area contributed by atoms with Crippen LogP contribution in [0.2, 0.25) is 5.02 Å². The maximum atomic E-state index is 13.8. The SMILES string of the molecule is CC(C)n1cc(C(Nc2cc(Cl)c3ncc(C#N)c(Nc4cnc(F)c(F)c4)c3c2)c2cccnc2)nn1. The fourth-order valence-electron chi connectivity index (χ4n) is 3.91. The number of hydrogen-bond acceptors (Lipinski definition) is 8. The molecule has 0 spiro atoms. The van der Waals surface area contributed by atoms with E-state index in [9.17, 15) is 14.0 Å². The van der Waals surface area contributed by atoms with Crippen molar-refractivity contribution in [1.82, 2.24) is 29.9 Å². The van der Waals surface area contributed by atoms with Crippen LogP contribution in [-0.4, -0.2) is 29.9 Å². The van der Waals surface area contributed by atoms with E-state index in [2.05, 4.69) is 42.0 Å². The number of hydrogen-bond donors (Lipinski definition) is 2. The molecule has 4 heterocycles. The molecule has 1 aromatic carbocycles. The summed E-state index contributed by atoms with van der Waals surface area (Å²) >= 11 is 6.62. The molecular weight excluding hydrogens is 512 g/mol. The molecule has 1 unspecified atom stereocenters. The van der Waals surface area contributed by atoms with Crippen molar-refractivity contribution in [3.05, 3.63) is 94.9 Å². The molecule has 0 aliphatic heterocycles. The minimum Gasteiger partial charge on any atom is -0.373 e. The Morgan fingerprint density at radius 2 is 1.92 bits per heavy atom. The lowest BCUT2D eigenvalue weighted by molar-refractivity contribution is 0.480. The number of fused-ring (bicyclic) bond motifs is 1. The molecule has 0 amide bonds. The van der Waals surface area contributed by atoms with Crippen molar-refractivity contribution in [2.45, 2.75) is 25.9 Å². The number of halogens is 3. The lowest BCUT2D eigenvalue weighted by Gasteiger charge is -2.19. The van der Waals surface area contributed by atoms with Crippen LogP contribution in [-0.2, 0) is 0 Å². The number of pyridine rings is 3. The molecule has 0 fully saturated rings. The second-order valence-electron chi connectivity index (χ2n) is 8.72. The van der Waals surface area contributed by atoms with Gasteiger partial charge in [0.1, 0.15) is 11.8 Å². The van der Waals surface area contributed by atoms with Crippen molar-refractivity contribution in [3.63, 3.8) is 0 Å². The standard InChI is InChI=1S/C26H20ClF2N9/c1-14(2)38-13-22(36-37-38)24(15-4-3-5-31-10-15)34-17-6-19-23(35-18-8-21(28)26(29)33-12-18)16(9-30)11-32-25(19)20(27)7-17/h3-8,10-14,24,34H,1-2H3,(H,32,35). The number of aromatic nitrogens is 6. The number of nitrogens with zero attached hydrogens (tertiary/aromatic N) is 7. The fourth-order valence-corrected chi connectivity index (χ4v) is 4.18. The van der Waals surface area contributed by atoms with Crippen LogP contribution in [0.25, 0.3) is 10.9 Å². The quantitative estimate of drug-likeness (QED) is 0.248. The molecule has 0 radical (unpaired) electrons. The van der Waals surface area contributed by atoms with E-state index in [0.29, 0.717) is 33.0 Å². The molecule has 0 bridgehead atoms. The highest BCUT2D eigenvalue weighted by molar-refractivity contribution is 6.36. The average molecular weight is 532 g/mol. The molecule has 0 aliphatic rings. The Labute approximate surface area is 221 Å². The second kappa shape index (κ2) is 10.4. The van der Waals surface area contributed by atoms with Gasteiger partial charge in [-0.3, -0.25) is 9.97 Å². The minimum atomic E-state index is -1.22. The Hall–Kier alpha value is -4.69. The zero-order valence-corrected chi connectivity index (χ0v) is 20.9. The van der Waals surface area contributed by atoms with Crippen molar-refractivity contribution in [1.29, 1.82) is 5.26 Å². The molecule has 190 valence electrons. The van der Waals surface area contributed by atoms with Crippen molar-refractivity contribution in [2.24, 2.45) is 0 Å². The van der Waals surface area contributed by atoms with Crippen molar-refractivity contribution in [2.75, 3.05) is 10.6 Å². The van der Waals surface area contributed by atoms with Gasteiger partial charge in [-0.15, -0.1) is 5.10 Å². The number of rotatable bonds is 7. The maximum absolute atomic E-state index is 13.8. The van der Waals surface area contributed by atoms with Crippen molar-refractivity contribution >= 4 is 39.6 Å². The van der Waals surface area contributed by atoms with Crippen LogP contribution in [0.5, 0.6) is 0 Å². The van der Waals surface area contributed by atoms with Gasteiger partial charge in [-0.1, -0.05) is 22.9 Å². The van der Waals surface area contributed by atoms with Gasteiger partial charge in [0.05, 0.1) is 45.9 Å². The van der Waals surface area contributed by atoms with Crippen LogP contribution < -0.4 is 10.6 Å². The van der Waals surface area contributed by atoms with Gasteiger partial charge in [0.15, 0.2) is 5.82 Å². The maximum Gasteiger partial charge on any atom is 0.249 e. The third kappa shape index (κ3) is 4.94. The molecule has 9 nitrogen and oxygen atoms in total. The predicted octanol–water partition coefficient (Wildman–Crippen LogP) is 5.95. The predicted molar refractivity (Wildman–Crippen MR) is 139 cm³/mol. The van der Waals surface area contributed by atoms with Gasteiger partial charge in [0, 0.05) is 41.8 Å². The summed E-state index contributed by atoms with van der Waals surface area (Å²) in [4.78, 5) is 12.0. The average Bonchev–Trinajstić information content (AvgIpc) is 3.41. The van der Waals surface area contributed by atoms with Gasteiger partial charge in [-0.05, 0) is 37.6 Å². The molecule has 0 aliphatic carbocycles. The molecule has 12 heteroatoms. The van der Waals surface area contributed by atoms with Crippen molar-refractivity contribution in [3.8, 4) is 6.07 Å². The highest BCUT2D eigenvalue weighted by Crippen LogP contribution is 2.36. The van der Waals surface area contributed by atoms with Crippen molar-refractivity contribution < 1.29 is 8.78 Å². The molecular formula is C26H20ClF2N9. The highest BCUT2D eigenvalue weighted by Gasteiger charge is 2.21. The van der Waals surface area contributed by atoms with E-state index in [1.165, 1.54) is 6.20 Å². The van der Waals surface area contributed by atoms with E-state index in [0.717, 1.165) is 17.8 Å². The first-order chi connectivity index (χ1) is 18.3. The third-order valence-electron chi connectivity index (χ3n) is 5.79. The lowest BCUT2D eigenvalue weighted by Crippen LogP contribution is -2.13. The Bertz CT molecular complexity index is 1670. The van der Waals surface area contributed by atoms with Gasteiger partial charge in [-0.25, -0.2) is 14.1 Å². The van der Waals surface area contributed by atoms with E-state index in [1.807, 2.05) is 32.2 Å². The molecule has 38 heavy (non-hydrogen) atoms. The Balaban J connectivity index is 1.61. The molecule has 0 saturated carbocycles. The number of nitriles is 1. The summed E-state index contributed by atoms with van der Waals surface area (Å²) in [6.07, 6.45) is 7.76. The summed E-state index contributed by atoms with van der Waals surface area (Å²) in [5.41, 5.74) is 3.17. The topological polar surface area (TPSA) is 117 Å². The normalized spacial score (nSPS) is 11.9. The summed E-state index contributed by atoms with van der Waals surface area (Å²) in [6, 6.07) is 9.94. The zero-order chi connectivity index (χ0) is 26.8. The summed E-state index contributed by atoms with van der Waals surface area (Å²) in [7, 11) is 0. The first-order valence-electron chi connectivity index (χ1n) is 11.5. The van der Waals surface area contributed by atoms with Gasteiger partial charge < -0.3 is 10.6 Å². The molecule has 4 aromatic heterocycles. The van der Waals surface area contributed by atoms with Gasteiger partial charge in [0.2, 0.25) is 5.95 Å². The number of nitrogens with one attached hydrogen (secondary N) is 2. The Morgan fingerprint density at radius 3 is 2.61 bits per heavy atom. The van der Waals surface area contributed by atoms with Crippen LogP contribution in [0, 0.1) is 23.1 Å². The van der Waals surface area contributed by atoms with Gasteiger partial charge in [-0.2, -0.15) is 9.65 Å². The molecule has 5 aromatic rings. The van der Waals surface area contributed by atoms with Crippen LogP contribution in [0.1, 0.15) is 42.8 Å². The number of benzene rings is 1. The second-order valence-corrected chi connectivity index (χ2v) is 9.12. The van der Waals surface area contributed by atoms with E-state index in [1.54, 1.807) is 29.2 Å². The van der Waals surface area contributed by atoms with Gasteiger partial charge >= 0.3 is 0 Å². The monoisotopic (exact) mass is 531 g/mol. The van der Waals surface area contributed by atoms with Crippen LogP contribution >= 0.6 is 11.6 Å². The zero-order valence-electron chi connectivity index (χ0n) is 20.2. The van der Waals surface area contributed by atoms with E-state index < -0.39 is 17.8 Å². The lowest BCUT2D eigenvalue weighted by atomic mass is 10.0. The Kier molecular flexibility index (Phi) is 6.81. The molecule has 2 N–H and O–H groups in total. The van der Waals surface area contributed by atoms with Crippen LogP contribution in [0.3, 0.4) is 0 Å². The van der Waals surface area contributed by atoms with Crippen LogP contribution in [0.15, 0.2) is 61.3 Å². The van der Waals surface area contributed by atoms with E-state index in [-0.39, 0.29) is 17.3 Å². The Morgan fingerprint density at radius 1 is 1.08 bits per heavy atom. The first kappa shape index (κ1) is 25.0. The minimum absolute atomic E-state index is 0.121. The summed E-state index contributed by atoms with van der Waals surface area (Å²) in [5, 5.41) is 25.5. The summed E-state index contributed by atoms with van der Waals surface area (Å²) in [6.45, 7) is 4.01. The first-order valence-corrected chi connectivity index (χ1v) is 11.9. The molecule has 0 saturated heterocycles. The van der Waals surface area contributed by atoms with Crippen LogP contribution in [0.4, 0.5) is 25.8 Å². The molecule has 1 atom stereocenters. The largest absolute Gasteiger partial charge is 0.373 e. The smallest absolute Gasteiger partial charge is 0.249 e. The number of anilines is 3. The highest BCUT2D eigenvalue weighted by atomic mass is 35.5. The third-order valence-corrected chi connectivity index (χ3v) is 6.08. The summed E-state index contributed by atoms with van der Waals surface area (Å²) in [5.74, 6) is -2.35.